The fraction of sp³-hybridized carbons (Fsp3) is 0.167. The first kappa shape index (κ1) is 12.8. The van der Waals surface area contributed by atoms with E-state index in [9.17, 15) is 18.4 Å². The number of aldehydes is 1. The summed E-state index contributed by atoms with van der Waals surface area (Å²) in [6.07, 6.45) is 0.110. The number of nitrogens with one attached hydrogen (secondary N) is 1. The van der Waals surface area contributed by atoms with E-state index in [0.29, 0.717) is 0 Å². The predicted molar refractivity (Wildman–Crippen MR) is 57.3 cm³/mol. The second-order valence-electron chi connectivity index (χ2n) is 3.18. The minimum Gasteiger partial charge on any atom is -0.345 e. The van der Waals surface area contributed by atoms with Crippen molar-refractivity contribution in [3.63, 3.8) is 0 Å². The molecule has 1 aromatic rings. The van der Waals surface area contributed by atoms with E-state index in [1.165, 1.54) is 6.92 Å². The molecule has 1 N–H and O–H groups in total. The van der Waals surface area contributed by atoms with Crippen molar-refractivity contribution in [1.29, 1.82) is 0 Å². The van der Waals surface area contributed by atoms with Crippen molar-refractivity contribution in [1.82, 2.24) is 5.32 Å². The van der Waals surface area contributed by atoms with Crippen molar-refractivity contribution < 1.29 is 18.4 Å². The first-order valence-corrected chi connectivity index (χ1v) is 4.72. The zero-order chi connectivity index (χ0) is 12.8. The molecule has 5 heteroatoms. The average molecular weight is 237 g/mol. The molecule has 17 heavy (non-hydrogen) atoms. The van der Waals surface area contributed by atoms with Crippen LogP contribution in [0.4, 0.5) is 8.78 Å². The van der Waals surface area contributed by atoms with Crippen LogP contribution in [0.15, 0.2) is 12.1 Å². The molecule has 0 unspecified atom stereocenters. The summed E-state index contributed by atoms with van der Waals surface area (Å²) in [6.45, 7) is 1.42. The predicted octanol–water partition coefficient (Wildman–Crippen LogP) is 1.26. The van der Waals surface area contributed by atoms with Crippen molar-refractivity contribution in [2.75, 3.05) is 6.54 Å². The molecule has 0 heterocycles. The van der Waals surface area contributed by atoms with Gasteiger partial charge >= 0.3 is 0 Å². The summed E-state index contributed by atoms with van der Waals surface area (Å²) < 4.78 is 26.3. The van der Waals surface area contributed by atoms with Crippen LogP contribution < -0.4 is 5.32 Å². The van der Waals surface area contributed by atoms with Crippen molar-refractivity contribution in [3.8, 4) is 11.8 Å². The Morgan fingerprint density at radius 1 is 1.41 bits per heavy atom. The Hall–Kier alpha value is -2.22. The first-order valence-electron chi connectivity index (χ1n) is 4.72. The highest BCUT2D eigenvalue weighted by Gasteiger charge is 2.08. The Morgan fingerprint density at radius 2 is 2.00 bits per heavy atom. The van der Waals surface area contributed by atoms with Crippen molar-refractivity contribution in [2.24, 2.45) is 0 Å². The highest BCUT2D eigenvalue weighted by Crippen LogP contribution is 2.12. The molecular formula is C12H9F2NO2. The summed E-state index contributed by atoms with van der Waals surface area (Å²) in [7, 11) is 0. The van der Waals surface area contributed by atoms with Gasteiger partial charge < -0.3 is 5.32 Å². The Bertz CT molecular complexity index is 492. The van der Waals surface area contributed by atoms with Crippen molar-refractivity contribution >= 4 is 12.2 Å². The van der Waals surface area contributed by atoms with E-state index in [1.807, 2.05) is 0 Å². The van der Waals surface area contributed by atoms with Gasteiger partial charge in [0, 0.05) is 12.5 Å². The number of benzene rings is 1. The molecule has 88 valence electrons. The fourth-order valence-electron chi connectivity index (χ4n) is 1.08. The number of carbonyl (C=O) groups is 2. The molecule has 0 aliphatic heterocycles. The third kappa shape index (κ3) is 3.68. The van der Waals surface area contributed by atoms with Crippen LogP contribution in [0.3, 0.4) is 0 Å². The second-order valence-corrected chi connectivity index (χ2v) is 3.18. The largest absolute Gasteiger partial charge is 0.345 e. The maximum atomic E-state index is 13.1. The van der Waals surface area contributed by atoms with Gasteiger partial charge in [-0.25, -0.2) is 8.78 Å². The van der Waals surface area contributed by atoms with Gasteiger partial charge in [0.25, 0.3) is 0 Å². The maximum absolute atomic E-state index is 13.1. The van der Waals surface area contributed by atoms with E-state index >= 15 is 0 Å². The number of hydrogen-bond acceptors (Lipinski definition) is 2. The lowest BCUT2D eigenvalue weighted by atomic mass is 10.1. The number of carbonyl (C=O) groups excluding carboxylic acids is 2. The molecule has 0 spiro atoms. The molecular weight excluding hydrogens is 228 g/mol. The maximum Gasteiger partial charge on any atom is 0.217 e. The molecule has 0 saturated heterocycles. The number of hydrogen-bond donors (Lipinski definition) is 1. The second kappa shape index (κ2) is 5.75. The third-order valence-corrected chi connectivity index (χ3v) is 1.86. The van der Waals surface area contributed by atoms with Crippen molar-refractivity contribution in [2.45, 2.75) is 6.92 Å². The van der Waals surface area contributed by atoms with E-state index in [1.54, 1.807) is 0 Å². The van der Waals surface area contributed by atoms with Crippen molar-refractivity contribution in [3.05, 3.63) is 34.9 Å². The lowest BCUT2D eigenvalue weighted by Gasteiger charge is -1.98. The smallest absolute Gasteiger partial charge is 0.217 e. The molecule has 0 radical (unpaired) electrons. The normalized spacial score (nSPS) is 9.12. The Labute approximate surface area is 96.8 Å². The lowest BCUT2D eigenvalue weighted by molar-refractivity contribution is -0.118. The summed E-state index contributed by atoms with van der Waals surface area (Å²) in [5.41, 5.74) is -0.506. The van der Waals surface area contributed by atoms with Crippen LogP contribution in [-0.2, 0) is 4.79 Å². The minimum atomic E-state index is -0.955. The molecule has 0 aliphatic rings. The molecule has 1 aromatic carbocycles. The highest BCUT2D eigenvalue weighted by molar-refractivity contribution is 5.76. The number of rotatable bonds is 2. The minimum absolute atomic E-state index is 0.0913. The summed E-state index contributed by atoms with van der Waals surface area (Å²) >= 11 is 0. The van der Waals surface area contributed by atoms with E-state index < -0.39 is 17.2 Å². The molecule has 0 saturated carbocycles. The van der Waals surface area contributed by atoms with Crippen LogP contribution >= 0.6 is 0 Å². The van der Waals surface area contributed by atoms with Gasteiger partial charge in [0.1, 0.15) is 11.6 Å². The molecule has 0 fully saturated rings. The van der Waals surface area contributed by atoms with E-state index in [2.05, 4.69) is 17.2 Å². The van der Waals surface area contributed by atoms with E-state index in [4.69, 9.17) is 0 Å². The average Bonchev–Trinajstić information content (AvgIpc) is 2.24. The monoisotopic (exact) mass is 237 g/mol. The lowest BCUT2D eigenvalue weighted by Crippen LogP contribution is -2.19. The zero-order valence-electron chi connectivity index (χ0n) is 9.01. The Balaban J connectivity index is 2.86. The number of amides is 1. The zero-order valence-corrected chi connectivity index (χ0v) is 9.01. The van der Waals surface area contributed by atoms with E-state index in [0.717, 1.165) is 12.1 Å². The quantitative estimate of drug-likeness (QED) is 0.621. The van der Waals surface area contributed by atoms with Crippen LogP contribution in [0.25, 0.3) is 0 Å². The van der Waals surface area contributed by atoms with E-state index in [-0.39, 0.29) is 24.3 Å². The SMILES string of the molecule is CC(=O)NCC#Cc1cc(F)c(C=O)c(F)c1. The van der Waals surface area contributed by atoms with Gasteiger partial charge in [-0.05, 0) is 12.1 Å². The molecule has 0 aromatic heterocycles. The topological polar surface area (TPSA) is 46.2 Å². The van der Waals surface area contributed by atoms with Crippen LogP contribution in [0.1, 0.15) is 22.8 Å². The first-order chi connectivity index (χ1) is 8.04. The summed E-state index contributed by atoms with van der Waals surface area (Å²) in [5, 5.41) is 2.41. The van der Waals surface area contributed by atoms with Gasteiger partial charge in [0.2, 0.25) is 5.91 Å². The Kier molecular flexibility index (Phi) is 4.35. The highest BCUT2D eigenvalue weighted by atomic mass is 19.1. The molecule has 0 bridgehead atoms. The molecule has 0 aliphatic carbocycles. The van der Waals surface area contributed by atoms with Crippen LogP contribution in [0.5, 0.6) is 0 Å². The molecule has 1 rings (SSSR count). The fourth-order valence-corrected chi connectivity index (χ4v) is 1.08. The summed E-state index contributed by atoms with van der Waals surface area (Å²) in [5.74, 6) is 2.84. The third-order valence-electron chi connectivity index (χ3n) is 1.86. The Morgan fingerprint density at radius 3 is 2.47 bits per heavy atom. The van der Waals surface area contributed by atoms with Gasteiger partial charge in [-0.3, -0.25) is 9.59 Å². The molecule has 0 atom stereocenters. The van der Waals surface area contributed by atoms with Crippen LogP contribution in [0.2, 0.25) is 0 Å². The van der Waals surface area contributed by atoms with Gasteiger partial charge in [0.05, 0.1) is 12.1 Å². The van der Waals surface area contributed by atoms with Gasteiger partial charge in [-0.1, -0.05) is 11.8 Å². The standard InChI is InChI=1S/C12H9F2NO2/c1-8(17)15-4-2-3-9-5-11(13)10(7-16)12(14)6-9/h5-7H,4H2,1H3,(H,15,17). The van der Waals surface area contributed by atoms with Crippen LogP contribution in [0, 0.1) is 23.5 Å². The van der Waals surface area contributed by atoms with Crippen LogP contribution in [-0.4, -0.2) is 18.7 Å². The van der Waals surface area contributed by atoms with Gasteiger partial charge in [0.15, 0.2) is 6.29 Å². The summed E-state index contributed by atoms with van der Waals surface area (Å²) in [6, 6.07) is 1.93. The van der Waals surface area contributed by atoms with Gasteiger partial charge in [-0.15, -0.1) is 0 Å². The molecule has 1 amide bonds. The number of halogens is 2. The van der Waals surface area contributed by atoms with Gasteiger partial charge in [-0.2, -0.15) is 0 Å². The summed E-state index contributed by atoms with van der Waals surface area (Å²) in [4.78, 5) is 20.8. The molecule has 3 nitrogen and oxygen atoms in total.